The highest BCUT2D eigenvalue weighted by Crippen LogP contribution is 1.94. The molecule has 9 heteroatoms. The maximum absolute atomic E-state index is 10.8. The van der Waals surface area contributed by atoms with Gasteiger partial charge < -0.3 is 10.2 Å². The van der Waals surface area contributed by atoms with E-state index in [1.165, 1.54) is 0 Å². The smallest absolute Gasteiger partial charge is 0.322 e. The first-order chi connectivity index (χ1) is 6.28. The second-order valence-electron chi connectivity index (χ2n) is 2.31. The number of carboxylic acid groups (broad SMARTS) is 2. The van der Waals surface area contributed by atoms with Crippen LogP contribution in [-0.4, -0.2) is 43.7 Å². The first-order valence-corrected chi connectivity index (χ1v) is 4.92. The molecule has 0 heterocycles. The van der Waals surface area contributed by atoms with E-state index in [4.69, 9.17) is 10.2 Å². The quantitative estimate of drug-likeness (QED) is 0.412. The lowest BCUT2D eigenvalue weighted by molar-refractivity contribution is -0.145. The Hall–Kier alpha value is -1.19. The molecule has 0 radical (unpaired) electrons. The standard InChI is InChI=1S/C5H10N2O6S/c1-6-14(12,13)7-3(5(10)11)2-4(8)9/h3,6-7H,2H2,1H3,(H,8,9)(H,10,11). The number of hydrogen-bond acceptors (Lipinski definition) is 4. The fraction of sp³-hybridized carbons (Fsp3) is 0.600. The van der Waals surface area contributed by atoms with Crippen LogP contribution in [0.1, 0.15) is 6.42 Å². The lowest BCUT2D eigenvalue weighted by Gasteiger charge is -2.11. The Kier molecular flexibility index (Phi) is 4.47. The topological polar surface area (TPSA) is 133 Å². The van der Waals surface area contributed by atoms with E-state index in [0.717, 1.165) is 7.05 Å². The fourth-order valence-corrected chi connectivity index (χ4v) is 1.28. The van der Waals surface area contributed by atoms with Crippen LogP contribution in [0.2, 0.25) is 0 Å². The van der Waals surface area contributed by atoms with Crippen molar-refractivity contribution in [3.8, 4) is 0 Å². The molecule has 0 aromatic rings. The van der Waals surface area contributed by atoms with Crippen molar-refractivity contribution >= 4 is 22.1 Å². The van der Waals surface area contributed by atoms with Gasteiger partial charge in [-0.05, 0) is 0 Å². The van der Waals surface area contributed by atoms with E-state index in [0.29, 0.717) is 0 Å². The molecule has 0 aromatic carbocycles. The van der Waals surface area contributed by atoms with Crippen LogP contribution in [0, 0.1) is 0 Å². The van der Waals surface area contributed by atoms with Crippen molar-refractivity contribution in [1.29, 1.82) is 0 Å². The number of nitrogens with one attached hydrogen (secondary N) is 2. The van der Waals surface area contributed by atoms with Crippen LogP contribution < -0.4 is 9.44 Å². The van der Waals surface area contributed by atoms with Crippen molar-refractivity contribution in [2.75, 3.05) is 7.05 Å². The summed E-state index contributed by atoms with van der Waals surface area (Å²) in [5.74, 6) is -2.96. The summed E-state index contributed by atoms with van der Waals surface area (Å²) in [6, 6.07) is -1.68. The van der Waals surface area contributed by atoms with Crippen LogP contribution >= 0.6 is 0 Å². The SMILES string of the molecule is CNS(=O)(=O)NC(CC(=O)O)C(=O)O. The van der Waals surface area contributed by atoms with Gasteiger partial charge in [-0.3, -0.25) is 9.59 Å². The number of carboxylic acids is 2. The van der Waals surface area contributed by atoms with Gasteiger partial charge in [0.15, 0.2) is 0 Å². The molecule has 0 spiro atoms. The van der Waals surface area contributed by atoms with Crippen LogP contribution in [0.3, 0.4) is 0 Å². The molecule has 1 unspecified atom stereocenters. The monoisotopic (exact) mass is 226 g/mol. The zero-order valence-corrected chi connectivity index (χ0v) is 8.04. The summed E-state index contributed by atoms with van der Waals surface area (Å²) in [7, 11) is -2.88. The molecule has 0 saturated carbocycles. The molecule has 0 fully saturated rings. The molecule has 0 amide bonds. The average Bonchev–Trinajstić information content (AvgIpc) is 2.02. The third kappa shape index (κ3) is 4.74. The molecule has 0 aliphatic rings. The van der Waals surface area contributed by atoms with Crippen molar-refractivity contribution in [3.63, 3.8) is 0 Å². The van der Waals surface area contributed by atoms with Gasteiger partial charge >= 0.3 is 11.9 Å². The van der Waals surface area contributed by atoms with Crippen molar-refractivity contribution < 1.29 is 28.2 Å². The van der Waals surface area contributed by atoms with E-state index in [1.807, 2.05) is 0 Å². The molecule has 0 aliphatic carbocycles. The molecular weight excluding hydrogens is 216 g/mol. The molecule has 1 atom stereocenters. The van der Waals surface area contributed by atoms with E-state index in [-0.39, 0.29) is 0 Å². The Balaban J connectivity index is 4.54. The van der Waals surface area contributed by atoms with Gasteiger partial charge in [-0.25, -0.2) is 4.72 Å². The predicted molar refractivity (Wildman–Crippen MR) is 44.8 cm³/mol. The molecule has 0 aliphatic heterocycles. The van der Waals surface area contributed by atoms with E-state index in [1.54, 1.807) is 9.44 Å². The van der Waals surface area contributed by atoms with Gasteiger partial charge in [0, 0.05) is 7.05 Å². The minimum atomic E-state index is -3.95. The summed E-state index contributed by atoms with van der Waals surface area (Å²) < 4.78 is 25.1. The number of hydrogen-bond donors (Lipinski definition) is 4. The first-order valence-electron chi connectivity index (χ1n) is 3.44. The molecule has 0 rings (SSSR count). The van der Waals surface area contributed by atoms with Crippen LogP contribution in [0.15, 0.2) is 0 Å². The zero-order valence-electron chi connectivity index (χ0n) is 7.22. The number of aliphatic carboxylic acids is 2. The van der Waals surface area contributed by atoms with Crippen LogP contribution in [0.4, 0.5) is 0 Å². The molecule has 0 aromatic heterocycles. The molecule has 82 valence electrons. The minimum absolute atomic E-state index is 0.823. The summed E-state index contributed by atoms with van der Waals surface area (Å²) in [5.41, 5.74) is 0. The average molecular weight is 226 g/mol. The normalized spacial score (nSPS) is 13.5. The molecular formula is C5H10N2O6S. The van der Waals surface area contributed by atoms with Gasteiger partial charge in [0.25, 0.3) is 10.2 Å². The van der Waals surface area contributed by atoms with Gasteiger partial charge in [0.2, 0.25) is 0 Å². The Labute approximate surface area is 80.1 Å². The highest BCUT2D eigenvalue weighted by atomic mass is 32.2. The summed E-state index contributed by atoms with van der Waals surface area (Å²) in [4.78, 5) is 20.6. The zero-order chi connectivity index (χ0) is 11.4. The molecule has 8 nitrogen and oxygen atoms in total. The van der Waals surface area contributed by atoms with Gasteiger partial charge in [0.1, 0.15) is 6.04 Å². The van der Waals surface area contributed by atoms with Gasteiger partial charge in [-0.15, -0.1) is 0 Å². The van der Waals surface area contributed by atoms with Crippen LogP contribution in [0.25, 0.3) is 0 Å². The first kappa shape index (κ1) is 12.8. The predicted octanol–water partition coefficient (Wildman–Crippen LogP) is -2.03. The summed E-state index contributed by atoms with van der Waals surface area (Å²) in [5, 5.41) is 16.7. The van der Waals surface area contributed by atoms with Crippen molar-refractivity contribution in [2.45, 2.75) is 12.5 Å². The summed E-state index contributed by atoms with van der Waals surface area (Å²) in [6.45, 7) is 0. The van der Waals surface area contributed by atoms with E-state index in [9.17, 15) is 18.0 Å². The Morgan fingerprint density at radius 1 is 1.36 bits per heavy atom. The highest BCUT2D eigenvalue weighted by molar-refractivity contribution is 7.87. The minimum Gasteiger partial charge on any atom is -0.481 e. The van der Waals surface area contributed by atoms with Crippen molar-refractivity contribution in [1.82, 2.24) is 9.44 Å². The number of carbonyl (C=O) groups is 2. The van der Waals surface area contributed by atoms with E-state index < -0.39 is 34.6 Å². The van der Waals surface area contributed by atoms with E-state index in [2.05, 4.69) is 0 Å². The van der Waals surface area contributed by atoms with Crippen LogP contribution in [-0.2, 0) is 19.8 Å². The summed E-state index contributed by atoms with van der Waals surface area (Å²) in [6.07, 6.45) is -0.823. The molecule has 0 saturated heterocycles. The Morgan fingerprint density at radius 3 is 2.14 bits per heavy atom. The summed E-state index contributed by atoms with van der Waals surface area (Å²) >= 11 is 0. The Bertz CT molecular complexity index is 323. The van der Waals surface area contributed by atoms with E-state index >= 15 is 0 Å². The second kappa shape index (κ2) is 4.88. The van der Waals surface area contributed by atoms with Crippen molar-refractivity contribution in [3.05, 3.63) is 0 Å². The second-order valence-corrected chi connectivity index (χ2v) is 3.96. The number of rotatable bonds is 6. The van der Waals surface area contributed by atoms with Gasteiger partial charge in [0.05, 0.1) is 6.42 Å². The molecule has 14 heavy (non-hydrogen) atoms. The van der Waals surface area contributed by atoms with Gasteiger partial charge in [-0.2, -0.15) is 13.1 Å². The van der Waals surface area contributed by atoms with Gasteiger partial charge in [-0.1, -0.05) is 0 Å². The fourth-order valence-electron chi connectivity index (χ4n) is 0.600. The largest absolute Gasteiger partial charge is 0.481 e. The Morgan fingerprint density at radius 2 is 1.86 bits per heavy atom. The lowest BCUT2D eigenvalue weighted by atomic mass is 10.2. The lowest BCUT2D eigenvalue weighted by Crippen LogP contribution is -2.46. The third-order valence-corrected chi connectivity index (χ3v) is 2.38. The maximum atomic E-state index is 10.8. The maximum Gasteiger partial charge on any atom is 0.322 e. The van der Waals surface area contributed by atoms with Crippen LogP contribution in [0.5, 0.6) is 0 Å². The molecule has 4 N–H and O–H groups in total. The third-order valence-electron chi connectivity index (χ3n) is 1.24. The van der Waals surface area contributed by atoms with Crippen molar-refractivity contribution in [2.24, 2.45) is 0 Å². The highest BCUT2D eigenvalue weighted by Gasteiger charge is 2.25. The molecule has 0 bridgehead atoms.